The van der Waals surface area contributed by atoms with Crippen molar-refractivity contribution in [2.75, 3.05) is 26.2 Å². The lowest BCUT2D eigenvalue weighted by molar-refractivity contribution is 0.0602. The Hall–Kier alpha value is -2.71. The molecule has 1 atom stereocenters. The van der Waals surface area contributed by atoms with Gasteiger partial charge in [0.15, 0.2) is 0 Å². The van der Waals surface area contributed by atoms with E-state index in [0.29, 0.717) is 26.2 Å². The lowest BCUT2D eigenvalue weighted by atomic mass is 10.0. The van der Waals surface area contributed by atoms with Crippen molar-refractivity contribution in [1.29, 1.82) is 5.26 Å². The van der Waals surface area contributed by atoms with Crippen LogP contribution >= 0.6 is 0 Å². The van der Waals surface area contributed by atoms with E-state index in [1.54, 1.807) is 17.0 Å². The fourth-order valence-electron chi connectivity index (χ4n) is 3.10. The molecule has 2 aromatic rings. The first-order chi connectivity index (χ1) is 12.1. The van der Waals surface area contributed by atoms with E-state index in [2.05, 4.69) is 11.0 Å². The third-order valence-corrected chi connectivity index (χ3v) is 4.59. The van der Waals surface area contributed by atoms with Crippen molar-refractivity contribution in [2.45, 2.75) is 13.0 Å². The maximum absolute atomic E-state index is 13.8. The van der Waals surface area contributed by atoms with Crippen molar-refractivity contribution in [3.8, 4) is 6.07 Å². The predicted octanol–water partition coefficient (Wildman–Crippen LogP) is 3.16. The van der Waals surface area contributed by atoms with Crippen LogP contribution in [0.15, 0.2) is 48.5 Å². The lowest BCUT2D eigenvalue weighted by Gasteiger charge is -2.37. The van der Waals surface area contributed by atoms with E-state index >= 15 is 0 Å². The number of nitrogens with zero attached hydrogens (tertiary/aromatic N) is 3. The Morgan fingerprint density at radius 1 is 1.08 bits per heavy atom. The van der Waals surface area contributed by atoms with Gasteiger partial charge in [-0.1, -0.05) is 42.0 Å². The summed E-state index contributed by atoms with van der Waals surface area (Å²) in [5.41, 5.74) is 2.22. The second kappa shape index (κ2) is 7.45. The molecule has 128 valence electrons. The minimum atomic E-state index is -0.496. The van der Waals surface area contributed by atoms with Gasteiger partial charge in [0.1, 0.15) is 11.9 Å². The number of piperazine rings is 1. The van der Waals surface area contributed by atoms with Crippen LogP contribution in [0.3, 0.4) is 0 Å². The van der Waals surface area contributed by atoms with Crippen molar-refractivity contribution >= 4 is 5.91 Å². The number of hydrogen-bond donors (Lipinski definition) is 0. The fourth-order valence-corrected chi connectivity index (χ4v) is 3.10. The first-order valence-electron chi connectivity index (χ1n) is 8.34. The van der Waals surface area contributed by atoms with Crippen molar-refractivity contribution in [1.82, 2.24) is 9.80 Å². The van der Waals surface area contributed by atoms with E-state index < -0.39 is 5.82 Å². The summed E-state index contributed by atoms with van der Waals surface area (Å²) >= 11 is 0. The van der Waals surface area contributed by atoms with E-state index in [-0.39, 0.29) is 17.5 Å². The van der Waals surface area contributed by atoms with E-state index in [1.165, 1.54) is 12.1 Å². The first kappa shape index (κ1) is 17.1. The Morgan fingerprint density at radius 3 is 2.32 bits per heavy atom. The summed E-state index contributed by atoms with van der Waals surface area (Å²) in [5.74, 6) is -0.786. The van der Waals surface area contributed by atoms with Gasteiger partial charge in [-0.15, -0.1) is 0 Å². The molecule has 0 aromatic heterocycles. The minimum absolute atomic E-state index is 0.103. The van der Waals surface area contributed by atoms with E-state index in [0.717, 1.165) is 11.1 Å². The molecule has 0 saturated carbocycles. The van der Waals surface area contributed by atoms with Crippen LogP contribution in [0.2, 0.25) is 0 Å². The standard InChI is InChI=1S/C20H20FN3O/c1-15-6-8-16(9-7-15)19(14-22)23-10-12-24(13-11-23)20(25)17-4-2-3-5-18(17)21/h2-9,19H,10-13H2,1H3. The van der Waals surface area contributed by atoms with Crippen LogP contribution in [-0.4, -0.2) is 41.9 Å². The third-order valence-electron chi connectivity index (χ3n) is 4.59. The topological polar surface area (TPSA) is 47.3 Å². The fraction of sp³-hybridized carbons (Fsp3) is 0.300. The molecule has 25 heavy (non-hydrogen) atoms. The molecule has 0 bridgehead atoms. The highest BCUT2D eigenvalue weighted by molar-refractivity contribution is 5.94. The van der Waals surface area contributed by atoms with Crippen molar-refractivity contribution < 1.29 is 9.18 Å². The van der Waals surface area contributed by atoms with Crippen molar-refractivity contribution in [2.24, 2.45) is 0 Å². The number of carbonyl (C=O) groups excluding carboxylic acids is 1. The maximum Gasteiger partial charge on any atom is 0.256 e. The number of amides is 1. The molecule has 0 spiro atoms. The number of benzene rings is 2. The predicted molar refractivity (Wildman–Crippen MR) is 93.4 cm³/mol. The molecular weight excluding hydrogens is 317 g/mol. The molecule has 1 aliphatic heterocycles. The highest BCUT2D eigenvalue weighted by Gasteiger charge is 2.28. The summed E-state index contributed by atoms with van der Waals surface area (Å²) in [6, 6.07) is 16.0. The molecule has 1 heterocycles. The molecule has 0 N–H and O–H groups in total. The highest BCUT2D eigenvalue weighted by atomic mass is 19.1. The van der Waals surface area contributed by atoms with Crippen molar-refractivity contribution in [3.63, 3.8) is 0 Å². The molecule has 1 amide bonds. The van der Waals surface area contributed by atoms with Gasteiger partial charge in [0.25, 0.3) is 5.91 Å². The Labute approximate surface area is 147 Å². The van der Waals surface area contributed by atoms with E-state index in [4.69, 9.17) is 0 Å². The quantitative estimate of drug-likeness (QED) is 0.864. The summed E-state index contributed by atoms with van der Waals surface area (Å²) in [6.45, 7) is 4.16. The van der Waals surface area contributed by atoms with Gasteiger partial charge in [-0.3, -0.25) is 9.69 Å². The van der Waals surface area contributed by atoms with Crippen LogP contribution < -0.4 is 0 Å². The van der Waals surface area contributed by atoms with Gasteiger partial charge in [-0.25, -0.2) is 4.39 Å². The van der Waals surface area contributed by atoms with Gasteiger partial charge in [-0.05, 0) is 24.6 Å². The van der Waals surface area contributed by atoms with Crippen LogP contribution in [0.25, 0.3) is 0 Å². The number of aryl methyl sites for hydroxylation is 1. The lowest BCUT2D eigenvalue weighted by Crippen LogP contribution is -2.49. The normalized spacial score (nSPS) is 16.3. The summed E-state index contributed by atoms with van der Waals surface area (Å²) in [6.07, 6.45) is 0. The maximum atomic E-state index is 13.8. The molecule has 1 fully saturated rings. The molecule has 5 heteroatoms. The summed E-state index contributed by atoms with van der Waals surface area (Å²) in [7, 11) is 0. The van der Waals surface area contributed by atoms with Gasteiger partial charge in [0, 0.05) is 26.2 Å². The molecule has 0 radical (unpaired) electrons. The summed E-state index contributed by atoms with van der Waals surface area (Å²) < 4.78 is 13.8. The Bertz CT molecular complexity index is 789. The second-order valence-corrected chi connectivity index (χ2v) is 6.25. The average molecular weight is 337 g/mol. The zero-order valence-electron chi connectivity index (χ0n) is 14.2. The number of nitriles is 1. The molecule has 0 aliphatic carbocycles. The van der Waals surface area contributed by atoms with E-state index in [9.17, 15) is 14.4 Å². The Kier molecular flexibility index (Phi) is 5.11. The van der Waals surface area contributed by atoms with Crippen LogP contribution in [0, 0.1) is 24.1 Å². The molecular formula is C20H20FN3O. The average Bonchev–Trinajstić information content (AvgIpc) is 2.64. The zero-order chi connectivity index (χ0) is 17.8. The Balaban J connectivity index is 1.67. The summed E-state index contributed by atoms with van der Waals surface area (Å²) in [5, 5.41) is 9.57. The molecule has 1 aliphatic rings. The summed E-state index contributed by atoms with van der Waals surface area (Å²) in [4.78, 5) is 16.2. The van der Waals surface area contributed by atoms with Gasteiger partial charge in [0.05, 0.1) is 11.6 Å². The molecule has 1 unspecified atom stereocenters. The van der Waals surface area contributed by atoms with Gasteiger partial charge in [-0.2, -0.15) is 5.26 Å². The van der Waals surface area contributed by atoms with Crippen LogP contribution in [-0.2, 0) is 0 Å². The van der Waals surface area contributed by atoms with Gasteiger partial charge < -0.3 is 4.90 Å². The molecule has 4 nitrogen and oxygen atoms in total. The number of hydrogen-bond acceptors (Lipinski definition) is 3. The van der Waals surface area contributed by atoms with Crippen LogP contribution in [0.5, 0.6) is 0 Å². The zero-order valence-corrected chi connectivity index (χ0v) is 14.2. The first-order valence-corrected chi connectivity index (χ1v) is 8.34. The van der Waals surface area contributed by atoms with Crippen molar-refractivity contribution in [3.05, 3.63) is 71.0 Å². The van der Waals surface area contributed by atoms with Gasteiger partial charge in [0.2, 0.25) is 0 Å². The number of rotatable bonds is 3. The SMILES string of the molecule is Cc1ccc(C(C#N)N2CCN(C(=O)c3ccccc3F)CC2)cc1. The smallest absolute Gasteiger partial charge is 0.256 e. The third kappa shape index (κ3) is 3.70. The number of carbonyl (C=O) groups is 1. The minimum Gasteiger partial charge on any atom is -0.336 e. The molecule has 3 rings (SSSR count). The number of halogens is 1. The largest absolute Gasteiger partial charge is 0.336 e. The van der Waals surface area contributed by atoms with E-state index in [1.807, 2.05) is 31.2 Å². The molecule has 2 aromatic carbocycles. The van der Waals surface area contributed by atoms with Crippen LogP contribution in [0.4, 0.5) is 4.39 Å². The monoisotopic (exact) mass is 337 g/mol. The Morgan fingerprint density at radius 2 is 1.72 bits per heavy atom. The second-order valence-electron chi connectivity index (χ2n) is 6.25. The van der Waals surface area contributed by atoms with Gasteiger partial charge >= 0.3 is 0 Å². The molecule has 1 saturated heterocycles. The van der Waals surface area contributed by atoms with Crippen LogP contribution in [0.1, 0.15) is 27.5 Å². The highest BCUT2D eigenvalue weighted by Crippen LogP contribution is 2.22.